The largest absolute Gasteiger partial charge is 0.419 e. The van der Waals surface area contributed by atoms with Crippen LogP contribution < -0.4 is 0 Å². The molecule has 1 aliphatic rings. The van der Waals surface area contributed by atoms with Crippen molar-refractivity contribution in [2.24, 2.45) is 5.92 Å². The summed E-state index contributed by atoms with van der Waals surface area (Å²) >= 11 is 0. The number of hydrogen-bond acceptors (Lipinski definition) is 5. The van der Waals surface area contributed by atoms with E-state index >= 15 is 0 Å². The zero-order valence-electron chi connectivity index (χ0n) is 13.9. The number of rotatable bonds is 5. The normalized spacial score (nSPS) is 21.7. The quantitative estimate of drug-likeness (QED) is 0.919. The summed E-state index contributed by atoms with van der Waals surface area (Å²) in [6, 6.07) is 8.06. The van der Waals surface area contributed by atoms with E-state index in [1.165, 1.54) is 12.0 Å². The first kappa shape index (κ1) is 16.1. The van der Waals surface area contributed by atoms with Gasteiger partial charge in [0, 0.05) is 12.1 Å². The molecular weight excluding hydrogens is 290 g/mol. The number of aliphatic hydroxyl groups is 1. The van der Waals surface area contributed by atoms with Gasteiger partial charge < -0.3 is 9.52 Å². The number of nitrogens with zero attached hydrogens (tertiary/aromatic N) is 3. The van der Waals surface area contributed by atoms with Gasteiger partial charge in [-0.1, -0.05) is 30.5 Å². The van der Waals surface area contributed by atoms with Crippen LogP contribution in [0.25, 0.3) is 11.5 Å². The molecule has 1 aromatic heterocycles. The molecule has 1 N–H and O–H groups in total. The first-order valence-corrected chi connectivity index (χ1v) is 8.38. The van der Waals surface area contributed by atoms with Crippen molar-refractivity contribution < 1.29 is 9.52 Å². The summed E-state index contributed by atoms with van der Waals surface area (Å²) in [4.78, 5) is 2.16. The predicted molar refractivity (Wildman–Crippen MR) is 88.8 cm³/mol. The summed E-state index contributed by atoms with van der Waals surface area (Å²) in [6.45, 7) is 3.52. The Hall–Kier alpha value is -1.72. The molecule has 23 heavy (non-hydrogen) atoms. The first-order valence-electron chi connectivity index (χ1n) is 8.38. The predicted octanol–water partition coefficient (Wildman–Crippen LogP) is 3.03. The van der Waals surface area contributed by atoms with Crippen LogP contribution in [0.3, 0.4) is 0 Å². The lowest BCUT2D eigenvalue weighted by atomic mass is 9.86. The Morgan fingerprint density at radius 3 is 2.87 bits per heavy atom. The molecule has 2 atom stereocenters. The molecule has 1 saturated carbocycles. The fourth-order valence-electron chi connectivity index (χ4n) is 3.31. The molecular formula is C18H25N3O2. The van der Waals surface area contributed by atoms with E-state index in [1.807, 2.05) is 38.2 Å². The van der Waals surface area contributed by atoms with Crippen LogP contribution in [0.1, 0.15) is 37.1 Å². The summed E-state index contributed by atoms with van der Waals surface area (Å²) < 4.78 is 5.78. The number of aromatic nitrogens is 2. The van der Waals surface area contributed by atoms with E-state index in [-0.39, 0.29) is 6.10 Å². The van der Waals surface area contributed by atoms with Crippen molar-refractivity contribution >= 4 is 0 Å². The maximum atomic E-state index is 10.1. The lowest BCUT2D eigenvalue weighted by Gasteiger charge is -2.30. The van der Waals surface area contributed by atoms with Crippen LogP contribution in [-0.4, -0.2) is 39.9 Å². The fourth-order valence-corrected chi connectivity index (χ4v) is 3.31. The van der Waals surface area contributed by atoms with E-state index in [0.717, 1.165) is 31.4 Å². The third-order valence-electron chi connectivity index (χ3n) is 4.55. The van der Waals surface area contributed by atoms with Crippen LogP contribution in [0.15, 0.2) is 28.7 Å². The van der Waals surface area contributed by atoms with Gasteiger partial charge in [0.25, 0.3) is 0 Å². The maximum absolute atomic E-state index is 10.1. The topological polar surface area (TPSA) is 62.4 Å². The molecule has 1 fully saturated rings. The number of aryl methyl sites for hydroxylation is 1. The average molecular weight is 315 g/mol. The molecule has 124 valence electrons. The van der Waals surface area contributed by atoms with Gasteiger partial charge >= 0.3 is 0 Å². The molecule has 0 aliphatic heterocycles. The fraction of sp³-hybridized carbons (Fsp3) is 0.556. The highest BCUT2D eigenvalue weighted by Crippen LogP contribution is 2.25. The van der Waals surface area contributed by atoms with Gasteiger partial charge in [-0.25, -0.2) is 0 Å². The number of hydrogen-bond donors (Lipinski definition) is 1. The Morgan fingerprint density at radius 2 is 2.09 bits per heavy atom. The first-order chi connectivity index (χ1) is 11.1. The van der Waals surface area contributed by atoms with E-state index < -0.39 is 0 Å². The minimum atomic E-state index is -0.170. The van der Waals surface area contributed by atoms with Crippen LogP contribution in [0.5, 0.6) is 0 Å². The molecule has 0 bridgehead atoms. The van der Waals surface area contributed by atoms with Crippen molar-refractivity contribution in [2.45, 2.75) is 45.3 Å². The van der Waals surface area contributed by atoms with Crippen LogP contribution in [0.2, 0.25) is 0 Å². The molecule has 0 spiro atoms. The molecule has 1 aromatic carbocycles. The monoisotopic (exact) mass is 315 g/mol. The minimum absolute atomic E-state index is 0.170. The summed E-state index contributed by atoms with van der Waals surface area (Å²) in [6.07, 6.45) is 4.22. The zero-order chi connectivity index (χ0) is 16.2. The van der Waals surface area contributed by atoms with Crippen molar-refractivity contribution in [1.29, 1.82) is 0 Å². The second-order valence-electron chi connectivity index (χ2n) is 6.68. The second kappa shape index (κ2) is 7.23. The molecule has 1 heterocycles. The third kappa shape index (κ3) is 4.18. The Morgan fingerprint density at radius 1 is 1.26 bits per heavy atom. The van der Waals surface area contributed by atoms with E-state index in [2.05, 4.69) is 15.1 Å². The third-order valence-corrected chi connectivity index (χ3v) is 4.55. The highest BCUT2D eigenvalue weighted by molar-refractivity contribution is 5.53. The Kier molecular flexibility index (Phi) is 5.08. The number of aliphatic hydroxyl groups excluding tert-OH is 1. The van der Waals surface area contributed by atoms with Crippen LogP contribution in [0, 0.1) is 12.8 Å². The van der Waals surface area contributed by atoms with Gasteiger partial charge in [-0.2, -0.15) is 0 Å². The standard InChI is InChI=1S/C18H25N3O2/c1-13-6-5-8-14(10-13)18-20-19-17(23-18)12-21(2)11-15-7-3-4-9-16(15)22/h5-6,8,10,15-16,22H,3-4,7,9,11-12H2,1-2H3. The van der Waals surface area contributed by atoms with Crippen LogP contribution >= 0.6 is 0 Å². The second-order valence-corrected chi connectivity index (χ2v) is 6.68. The molecule has 0 amide bonds. The Labute approximate surface area is 137 Å². The summed E-state index contributed by atoms with van der Waals surface area (Å²) in [5.74, 6) is 1.54. The molecule has 0 radical (unpaired) electrons. The lowest BCUT2D eigenvalue weighted by molar-refractivity contribution is 0.0488. The maximum Gasteiger partial charge on any atom is 0.247 e. The van der Waals surface area contributed by atoms with Crippen LogP contribution in [-0.2, 0) is 6.54 Å². The number of benzene rings is 1. The minimum Gasteiger partial charge on any atom is -0.419 e. The Balaban J connectivity index is 1.60. The molecule has 5 nitrogen and oxygen atoms in total. The van der Waals surface area contributed by atoms with Crippen molar-refractivity contribution in [3.63, 3.8) is 0 Å². The van der Waals surface area contributed by atoms with E-state index in [4.69, 9.17) is 4.42 Å². The molecule has 1 aliphatic carbocycles. The van der Waals surface area contributed by atoms with Gasteiger partial charge in [-0.05, 0) is 44.9 Å². The van der Waals surface area contributed by atoms with Gasteiger partial charge in [-0.15, -0.1) is 10.2 Å². The average Bonchev–Trinajstić information content (AvgIpc) is 2.98. The molecule has 2 aromatic rings. The van der Waals surface area contributed by atoms with E-state index in [0.29, 0.717) is 24.2 Å². The summed E-state index contributed by atoms with van der Waals surface area (Å²) in [5, 5.41) is 18.4. The highest BCUT2D eigenvalue weighted by Gasteiger charge is 2.24. The molecule has 2 unspecified atom stereocenters. The van der Waals surface area contributed by atoms with E-state index in [1.54, 1.807) is 0 Å². The van der Waals surface area contributed by atoms with E-state index in [9.17, 15) is 5.11 Å². The molecule has 0 saturated heterocycles. The smallest absolute Gasteiger partial charge is 0.247 e. The van der Waals surface area contributed by atoms with Gasteiger partial charge in [0.05, 0.1) is 12.6 Å². The van der Waals surface area contributed by atoms with Gasteiger partial charge in [0.2, 0.25) is 11.8 Å². The zero-order valence-corrected chi connectivity index (χ0v) is 13.9. The van der Waals surface area contributed by atoms with Crippen molar-refractivity contribution in [3.8, 4) is 11.5 Å². The Bertz CT molecular complexity index is 641. The van der Waals surface area contributed by atoms with Gasteiger partial charge in [0.15, 0.2) is 0 Å². The van der Waals surface area contributed by atoms with Crippen molar-refractivity contribution in [1.82, 2.24) is 15.1 Å². The van der Waals surface area contributed by atoms with Gasteiger partial charge in [-0.3, -0.25) is 4.90 Å². The highest BCUT2D eigenvalue weighted by atomic mass is 16.4. The summed E-state index contributed by atoms with van der Waals surface area (Å²) in [7, 11) is 2.04. The van der Waals surface area contributed by atoms with Gasteiger partial charge in [0.1, 0.15) is 0 Å². The lowest BCUT2D eigenvalue weighted by Crippen LogP contribution is -2.34. The SMILES string of the molecule is Cc1cccc(-c2nnc(CN(C)CC3CCCCC3O)o2)c1. The molecule has 5 heteroatoms. The van der Waals surface area contributed by atoms with Crippen molar-refractivity contribution in [3.05, 3.63) is 35.7 Å². The molecule has 3 rings (SSSR count). The summed E-state index contributed by atoms with van der Waals surface area (Å²) in [5.41, 5.74) is 2.12. The van der Waals surface area contributed by atoms with Crippen LogP contribution in [0.4, 0.5) is 0 Å². The van der Waals surface area contributed by atoms with Crippen molar-refractivity contribution in [2.75, 3.05) is 13.6 Å².